The average Bonchev–Trinajstić information content (AvgIpc) is 2.30. The van der Waals surface area contributed by atoms with Crippen LogP contribution < -0.4 is 10.1 Å². The molecule has 0 spiro atoms. The van der Waals surface area contributed by atoms with Crippen LogP contribution in [0.1, 0.15) is 26.3 Å². The highest BCUT2D eigenvalue weighted by atomic mass is 19.1. The Morgan fingerprint density at radius 2 is 1.84 bits per heavy atom. The molecule has 0 fully saturated rings. The molecule has 0 amide bonds. The van der Waals surface area contributed by atoms with Crippen molar-refractivity contribution in [3.63, 3.8) is 0 Å². The summed E-state index contributed by atoms with van der Waals surface area (Å²) in [6, 6.07) is 2.44. The van der Waals surface area contributed by atoms with E-state index >= 15 is 0 Å². The standard InChI is InChI=1S/C13H17F2NO3/c1-7(2)16-6-9-4-10(14)12(11(15)5-9)19-8(3)13(17)18/h4-5,7-8,16H,6H2,1-3H3,(H,17,18). The first-order valence-corrected chi connectivity index (χ1v) is 5.92. The summed E-state index contributed by atoms with van der Waals surface area (Å²) >= 11 is 0. The van der Waals surface area contributed by atoms with Gasteiger partial charge in [0.25, 0.3) is 0 Å². The Labute approximate surface area is 110 Å². The molecule has 1 aromatic rings. The molecule has 0 aromatic heterocycles. The SMILES string of the molecule is CC(C)NCc1cc(F)c(OC(C)C(=O)O)c(F)c1. The van der Waals surface area contributed by atoms with Crippen molar-refractivity contribution in [3.05, 3.63) is 29.3 Å². The number of hydrogen-bond acceptors (Lipinski definition) is 3. The number of carboxylic acids is 1. The number of ether oxygens (including phenoxy) is 1. The molecule has 0 aliphatic carbocycles. The van der Waals surface area contributed by atoms with E-state index in [1.54, 1.807) is 0 Å². The maximum Gasteiger partial charge on any atom is 0.344 e. The van der Waals surface area contributed by atoms with Crippen molar-refractivity contribution in [3.8, 4) is 5.75 Å². The maximum absolute atomic E-state index is 13.7. The number of carboxylic acid groups (broad SMARTS) is 1. The third-order valence-corrected chi connectivity index (χ3v) is 2.41. The van der Waals surface area contributed by atoms with E-state index in [0.717, 1.165) is 12.1 Å². The lowest BCUT2D eigenvalue weighted by Crippen LogP contribution is -2.24. The van der Waals surface area contributed by atoms with E-state index in [0.29, 0.717) is 12.1 Å². The van der Waals surface area contributed by atoms with Gasteiger partial charge in [-0.15, -0.1) is 0 Å². The predicted molar refractivity (Wildman–Crippen MR) is 66.1 cm³/mol. The van der Waals surface area contributed by atoms with Gasteiger partial charge >= 0.3 is 5.97 Å². The second-order valence-electron chi connectivity index (χ2n) is 4.52. The summed E-state index contributed by atoms with van der Waals surface area (Å²) in [5, 5.41) is 11.7. The van der Waals surface area contributed by atoms with Gasteiger partial charge in [-0.25, -0.2) is 13.6 Å². The van der Waals surface area contributed by atoms with Crippen molar-refractivity contribution in [1.29, 1.82) is 0 Å². The van der Waals surface area contributed by atoms with Crippen LogP contribution in [-0.4, -0.2) is 23.2 Å². The lowest BCUT2D eigenvalue weighted by atomic mass is 10.2. The number of hydrogen-bond donors (Lipinski definition) is 2. The van der Waals surface area contributed by atoms with Crippen LogP contribution in [0, 0.1) is 11.6 Å². The number of aliphatic carboxylic acids is 1. The van der Waals surface area contributed by atoms with E-state index in [1.165, 1.54) is 6.92 Å². The second kappa shape index (κ2) is 6.47. The molecule has 0 saturated heterocycles. The highest BCUT2D eigenvalue weighted by molar-refractivity contribution is 5.72. The minimum Gasteiger partial charge on any atom is -0.479 e. The summed E-state index contributed by atoms with van der Waals surface area (Å²) in [5.41, 5.74) is 0.430. The molecule has 106 valence electrons. The molecular formula is C13H17F2NO3. The van der Waals surface area contributed by atoms with Gasteiger partial charge in [0.15, 0.2) is 23.5 Å². The Balaban J connectivity index is 2.88. The van der Waals surface area contributed by atoms with Crippen LogP contribution in [-0.2, 0) is 11.3 Å². The largest absolute Gasteiger partial charge is 0.479 e. The van der Waals surface area contributed by atoms with Crippen molar-refractivity contribution >= 4 is 5.97 Å². The van der Waals surface area contributed by atoms with Gasteiger partial charge in [-0.1, -0.05) is 13.8 Å². The fourth-order valence-corrected chi connectivity index (χ4v) is 1.38. The molecule has 6 heteroatoms. The van der Waals surface area contributed by atoms with Crippen molar-refractivity contribution in [2.75, 3.05) is 0 Å². The van der Waals surface area contributed by atoms with Gasteiger partial charge in [0, 0.05) is 12.6 Å². The monoisotopic (exact) mass is 273 g/mol. The van der Waals surface area contributed by atoms with Gasteiger partial charge in [-0.05, 0) is 24.6 Å². The Morgan fingerprint density at radius 1 is 1.32 bits per heavy atom. The van der Waals surface area contributed by atoms with Crippen molar-refractivity contribution < 1.29 is 23.4 Å². The van der Waals surface area contributed by atoms with Crippen LogP contribution in [0.4, 0.5) is 8.78 Å². The molecule has 0 aliphatic rings. The van der Waals surface area contributed by atoms with Crippen LogP contribution in [0.2, 0.25) is 0 Å². The first-order valence-electron chi connectivity index (χ1n) is 5.92. The summed E-state index contributed by atoms with van der Waals surface area (Å²) in [6.07, 6.45) is -1.32. The number of nitrogens with one attached hydrogen (secondary N) is 1. The molecule has 4 nitrogen and oxygen atoms in total. The maximum atomic E-state index is 13.7. The molecule has 0 radical (unpaired) electrons. The summed E-state index contributed by atoms with van der Waals surface area (Å²) < 4.78 is 32.1. The Kier molecular flexibility index (Phi) is 5.23. The minimum atomic E-state index is -1.32. The predicted octanol–water partition coefficient (Wildman–Crippen LogP) is 2.31. The van der Waals surface area contributed by atoms with E-state index in [1.807, 2.05) is 13.8 Å². The number of carbonyl (C=O) groups is 1. The third-order valence-electron chi connectivity index (χ3n) is 2.41. The molecule has 1 aromatic carbocycles. The highest BCUT2D eigenvalue weighted by Crippen LogP contribution is 2.24. The van der Waals surface area contributed by atoms with E-state index < -0.39 is 29.5 Å². The zero-order valence-electron chi connectivity index (χ0n) is 11.0. The molecule has 1 atom stereocenters. The molecule has 0 bridgehead atoms. The molecular weight excluding hydrogens is 256 g/mol. The van der Waals surface area contributed by atoms with Gasteiger partial charge in [0.2, 0.25) is 0 Å². The molecule has 2 N–H and O–H groups in total. The van der Waals surface area contributed by atoms with Gasteiger partial charge in [0.1, 0.15) is 0 Å². The van der Waals surface area contributed by atoms with E-state index in [-0.39, 0.29) is 6.04 Å². The summed E-state index contributed by atoms with van der Waals surface area (Å²) in [7, 11) is 0. The minimum absolute atomic E-state index is 0.189. The van der Waals surface area contributed by atoms with Crippen LogP contribution in [0.25, 0.3) is 0 Å². The van der Waals surface area contributed by atoms with Crippen molar-refractivity contribution in [1.82, 2.24) is 5.32 Å². The Hall–Kier alpha value is -1.69. The lowest BCUT2D eigenvalue weighted by molar-refractivity contribution is -0.144. The Bertz CT molecular complexity index is 440. The van der Waals surface area contributed by atoms with Crippen LogP contribution in [0.3, 0.4) is 0 Å². The summed E-state index contributed by atoms with van der Waals surface area (Å²) in [4.78, 5) is 10.6. The zero-order valence-corrected chi connectivity index (χ0v) is 11.0. The first-order chi connectivity index (χ1) is 8.81. The van der Waals surface area contributed by atoms with Crippen LogP contribution in [0.5, 0.6) is 5.75 Å². The zero-order chi connectivity index (χ0) is 14.6. The van der Waals surface area contributed by atoms with Crippen LogP contribution in [0.15, 0.2) is 12.1 Å². The lowest BCUT2D eigenvalue weighted by Gasteiger charge is -2.14. The topological polar surface area (TPSA) is 58.6 Å². The molecule has 0 heterocycles. The van der Waals surface area contributed by atoms with Crippen LogP contribution >= 0.6 is 0 Å². The molecule has 0 aliphatic heterocycles. The first kappa shape index (κ1) is 15.4. The number of rotatable bonds is 6. The highest BCUT2D eigenvalue weighted by Gasteiger charge is 2.19. The van der Waals surface area contributed by atoms with Gasteiger partial charge in [0.05, 0.1) is 0 Å². The fourth-order valence-electron chi connectivity index (χ4n) is 1.38. The summed E-state index contributed by atoms with van der Waals surface area (Å²) in [5.74, 6) is -3.77. The normalized spacial score (nSPS) is 12.5. The Morgan fingerprint density at radius 3 is 2.26 bits per heavy atom. The summed E-state index contributed by atoms with van der Waals surface area (Å²) in [6.45, 7) is 5.35. The number of benzene rings is 1. The third kappa shape index (κ3) is 4.48. The molecule has 1 rings (SSSR count). The second-order valence-corrected chi connectivity index (χ2v) is 4.52. The van der Waals surface area contributed by atoms with E-state index in [4.69, 9.17) is 9.84 Å². The molecule has 19 heavy (non-hydrogen) atoms. The smallest absolute Gasteiger partial charge is 0.344 e. The van der Waals surface area contributed by atoms with Crippen molar-refractivity contribution in [2.45, 2.75) is 39.5 Å². The fraction of sp³-hybridized carbons (Fsp3) is 0.462. The van der Waals surface area contributed by atoms with E-state index in [2.05, 4.69) is 5.32 Å². The molecule has 1 unspecified atom stereocenters. The van der Waals surface area contributed by atoms with Crippen molar-refractivity contribution in [2.24, 2.45) is 0 Å². The van der Waals surface area contributed by atoms with Gasteiger partial charge in [-0.2, -0.15) is 0 Å². The van der Waals surface area contributed by atoms with Gasteiger partial charge < -0.3 is 15.2 Å². The average molecular weight is 273 g/mol. The van der Waals surface area contributed by atoms with E-state index in [9.17, 15) is 13.6 Å². The quantitative estimate of drug-likeness (QED) is 0.835. The molecule has 0 saturated carbocycles. The number of halogens is 2. The van der Waals surface area contributed by atoms with Gasteiger partial charge in [-0.3, -0.25) is 0 Å².